The molecule has 4 N–H and O–H groups in total. The number of rotatable bonds is 8. The minimum absolute atomic E-state index is 0.211. The van der Waals surface area contributed by atoms with Crippen LogP contribution in [0.5, 0.6) is 0 Å². The van der Waals surface area contributed by atoms with Gasteiger partial charge in [-0.2, -0.15) is 0 Å². The van der Waals surface area contributed by atoms with Gasteiger partial charge in [-0.3, -0.25) is 9.59 Å². The lowest BCUT2D eigenvalue weighted by Gasteiger charge is -2.23. The van der Waals surface area contributed by atoms with Gasteiger partial charge in [0, 0.05) is 39.6 Å². The van der Waals surface area contributed by atoms with Gasteiger partial charge in [-0.25, -0.2) is 0 Å². The van der Waals surface area contributed by atoms with Gasteiger partial charge in [-0.05, 0) is 48.2 Å². The Kier molecular flexibility index (Phi) is 7.53. The second-order valence-electron chi connectivity index (χ2n) is 7.25. The Bertz CT molecular complexity index is 963. The molecule has 0 aromatic heterocycles. The van der Waals surface area contributed by atoms with E-state index in [1.807, 2.05) is 0 Å². The second-order valence-corrected chi connectivity index (χ2v) is 8.94. The maximum Gasteiger partial charge on any atom is 0.242 e. The van der Waals surface area contributed by atoms with Gasteiger partial charge in [0.2, 0.25) is 11.8 Å². The first-order chi connectivity index (χ1) is 14.3. The van der Waals surface area contributed by atoms with E-state index in [2.05, 4.69) is 10.6 Å². The normalized spacial score (nSPS) is 15.4. The van der Waals surface area contributed by atoms with E-state index in [4.69, 9.17) is 52.1 Å². The largest absolute Gasteiger partial charge is 0.353 e. The molecule has 2 amide bonds. The van der Waals surface area contributed by atoms with Crippen LogP contribution in [0.15, 0.2) is 36.4 Å². The number of carbonyl (C=O) groups is 2. The molecule has 1 aliphatic carbocycles. The lowest BCUT2D eigenvalue weighted by Crippen LogP contribution is -2.51. The van der Waals surface area contributed by atoms with Crippen molar-refractivity contribution in [2.24, 2.45) is 5.73 Å². The molecule has 1 atom stereocenters. The molecule has 9 heteroatoms. The molecular weight excluding hydrogens is 468 g/mol. The average Bonchev–Trinajstić information content (AvgIpc) is 3.49. The third-order valence-corrected chi connectivity index (χ3v) is 6.27. The predicted molar refractivity (Wildman–Crippen MR) is 122 cm³/mol. The van der Waals surface area contributed by atoms with Crippen molar-refractivity contribution in [1.82, 2.24) is 10.6 Å². The van der Waals surface area contributed by atoms with Gasteiger partial charge in [-0.15, -0.1) is 0 Å². The summed E-state index contributed by atoms with van der Waals surface area (Å²) in [5.41, 5.74) is 6.13. The van der Waals surface area contributed by atoms with Crippen molar-refractivity contribution >= 4 is 58.2 Å². The molecule has 0 aliphatic heterocycles. The zero-order valence-corrected chi connectivity index (χ0v) is 19.0. The van der Waals surface area contributed by atoms with Gasteiger partial charge in [0.15, 0.2) is 0 Å². The molecule has 1 fully saturated rings. The smallest absolute Gasteiger partial charge is 0.242 e. The highest BCUT2D eigenvalue weighted by Crippen LogP contribution is 2.51. The van der Waals surface area contributed by atoms with E-state index < -0.39 is 11.5 Å². The van der Waals surface area contributed by atoms with E-state index in [-0.39, 0.29) is 18.2 Å². The fraction of sp³-hybridized carbons (Fsp3) is 0.333. The monoisotopic (exact) mass is 487 g/mol. The maximum atomic E-state index is 13.2. The van der Waals surface area contributed by atoms with Crippen molar-refractivity contribution < 1.29 is 9.59 Å². The van der Waals surface area contributed by atoms with Crippen molar-refractivity contribution in [2.45, 2.75) is 30.7 Å². The Morgan fingerprint density at radius 2 is 1.63 bits per heavy atom. The summed E-state index contributed by atoms with van der Waals surface area (Å²) in [5, 5.41) is 7.46. The Morgan fingerprint density at radius 3 is 2.20 bits per heavy atom. The molecule has 30 heavy (non-hydrogen) atoms. The lowest BCUT2D eigenvalue weighted by atomic mass is 9.94. The van der Waals surface area contributed by atoms with E-state index in [9.17, 15) is 9.59 Å². The second kappa shape index (κ2) is 9.75. The van der Waals surface area contributed by atoms with Gasteiger partial charge in [0.25, 0.3) is 0 Å². The number of benzene rings is 2. The van der Waals surface area contributed by atoms with Crippen LogP contribution in [0.4, 0.5) is 0 Å². The Labute approximate surface area is 195 Å². The zero-order valence-electron chi connectivity index (χ0n) is 16.0. The summed E-state index contributed by atoms with van der Waals surface area (Å²) in [5.74, 6) is -0.595. The third kappa shape index (κ3) is 5.21. The van der Waals surface area contributed by atoms with Gasteiger partial charge < -0.3 is 16.4 Å². The average molecular weight is 489 g/mol. The molecule has 5 nitrogen and oxygen atoms in total. The lowest BCUT2D eigenvalue weighted by molar-refractivity contribution is -0.130. The summed E-state index contributed by atoms with van der Waals surface area (Å²) in [4.78, 5) is 25.9. The van der Waals surface area contributed by atoms with Gasteiger partial charge in [-0.1, -0.05) is 58.5 Å². The molecular formula is C21H21Cl4N3O2. The Hall–Kier alpha value is -1.50. The van der Waals surface area contributed by atoms with E-state index >= 15 is 0 Å². The molecule has 2 aromatic rings. The summed E-state index contributed by atoms with van der Waals surface area (Å²) >= 11 is 24.6. The number of carbonyl (C=O) groups excluding carboxylic acids is 2. The summed E-state index contributed by atoms with van der Waals surface area (Å²) in [6.07, 6.45) is 1.49. The van der Waals surface area contributed by atoms with Crippen LogP contribution in [0.1, 0.15) is 24.0 Å². The highest BCUT2D eigenvalue weighted by Gasteiger charge is 2.53. The molecule has 3 rings (SSSR count). The third-order valence-electron chi connectivity index (χ3n) is 5.14. The van der Waals surface area contributed by atoms with Gasteiger partial charge in [0.05, 0.1) is 5.41 Å². The van der Waals surface area contributed by atoms with Crippen molar-refractivity contribution in [2.75, 3.05) is 13.1 Å². The molecule has 0 bridgehead atoms. The number of nitrogens with two attached hydrogens (primary N) is 1. The van der Waals surface area contributed by atoms with Crippen molar-refractivity contribution in [3.8, 4) is 0 Å². The predicted octanol–water partition coefficient (Wildman–Crippen LogP) is 4.13. The number of hydrogen-bond donors (Lipinski definition) is 3. The molecule has 2 aromatic carbocycles. The summed E-state index contributed by atoms with van der Waals surface area (Å²) in [6, 6.07) is 9.28. The minimum Gasteiger partial charge on any atom is -0.353 e. The van der Waals surface area contributed by atoms with Crippen LogP contribution in [0, 0.1) is 0 Å². The first-order valence-corrected chi connectivity index (χ1v) is 11.0. The molecule has 0 spiro atoms. The maximum absolute atomic E-state index is 13.2. The van der Waals surface area contributed by atoms with Crippen LogP contribution in [-0.4, -0.2) is 30.9 Å². The minimum atomic E-state index is -0.828. The molecule has 0 heterocycles. The number of amides is 2. The quantitative estimate of drug-likeness (QED) is 0.522. The van der Waals surface area contributed by atoms with Crippen LogP contribution in [-0.2, 0) is 21.4 Å². The molecule has 0 radical (unpaired) electrons. The fourth-order valence-corrected chi connectivity index (χ4v) is 4.43. The fourth-order valence-electron chi connectivity index (χ4n) is 3.35. The molecule has 1 saturated carbocycles. The molecule has 160 valence electrons. The van der Waals surface area contributed by atoms with E-state index in [1.54, 1.807) is 36.4 Å². The van der Waals surface area contributed by atoms with Gasteiger partial charge >= 0.3 is 0 Å². The number of halogens is 4. The molecule has 0 saturated heterocycles. The first kappa shape index (κ1) is 23.2. The molecule has 0 unspecified atom stereocenters. The van der Waals surface area contributed by atoms with Gasteiger partial charge in [0.1, 0.15) is 6.04 Å². The first-order valence-electron chi connectivity index (χ1n) is 9.45. The van der Waals surface area contributed by atoms with Crippen molar-refractivity contribution in [3.05, 3.63) is 67.6 Å². The van der Waals surface area contributed by atoms with Crippen LogP contribution in [0.2, 0.25) is 20.1 Å². The highest BCUT2D eigenvalue weighted by atomic mass is 35.5. The summed E-state index contributed by atoms with van der Waals surface area (Å²) in [6.45, 7) is 0.589. The van der Waals surface area contributed by atoms with Crippen LogP contribution >= 0.6 is 46.4 Å². The van der Waals surface area contributed by atoms with E-state index in [0.29, 0.717) is 57.1 Å². The Morgan fingerprint density at radius 1 is 1.00 bits per heavy atom. The van der Waals surface area contributed by atoms with E-state index in [1.165, 1.54) is 0 Å². The van der Waals surface area contributed by atoms with E-state index in [0.717, 1.165) is 0 Å². The Balaban J connectivity index is 1.83. The number of nitrogens with one attached hydrogen (secondary N) is 2. The van der Waals surface area contributed by atoms with Crippen molar-refractivity contribution in [1.29, 1.82) is 0 Å². The standard InChI is InChI=1S/C21H21Cl4N3O2/c22-13-2-1-12(16(24)10-13)9-18(19(29)27-8-7-26)28-20(30)21(5-6-21)15-4-3-14(23)11-17(15)25/h1-4,10-11,18H,5-9,26H2,(H,27,29)(H,28,30)/t18-/m0/s1. The van der Waals surface area contributed by atoms with Crippen molar-refractivity contribution in [3.63, 3.8) is 0 Å². The summed E-state index contributed by atoms with van der Waals surface area (Å²) < 4.78 is 0. The zero-order chi connectivity index (χ0) is 21.9. The number of hydrogen-bond acceptors (Lipinski definition) is 3. The summed E-state index contributed by atoms with van der Waals surface area (Å²) in [7, 11) is 0. The molecule has 1 aliphatic rings. The van der Waals surface area contributed by atoms with Crippen LogP contribution in [0.25, 0.3) is 0 Å². The van der Waals surface area contributed by atoms with Crippen LogP contribution in [0.3, 0.4) is 0 Å². The van der Waals surface area contributed by atoms with Crippen LogP contribution < -0.4 is 16.4 Å². The highest BCUT2D eigenvalue weighted by molar-refractivity contribution is 6.35. The topological polar surface area (TPSA) is 84.2 Å². The SMILES string of the molecule is NCCNC(=O)[C@H](Cc1ccc(Cl)cc1Cl)NC(=O)C1(c2ccc(Cl)cc2Cl)CC1.